The van der Waals surface area contributed by atoms with Gasteiger partial charge < -0.3 is 14.8 Å². The number of thioether (sulfide) groups is 1. The van der Waals surface area contributed by atoms with Gasteiger partial charge in [0.05, 0.1) is 14.2 Å². The van der Waals surface area contributed by atoms with Crippen LogP contribution >= 0.6 is 24.2 Å². The summed E-state index contributed by atoms with van der Waals surface area (Å²) in [7, 11) is 3.36. The van der Waals surface area contributed by atoms with Crippen LogP contribution in [0.4, 0.5) is 0 Å². The van der Waals surface area contributed by atoms with Crippen molar-refractivity contribution in [3.05, 3.63) is 47.8 Å². The fourth-order valence-corrected chi connectivity index (χ4v) is 3.90. The molecule has 0 spiro atoms. The van der Waals surface area contributed by atoms with Crippen molar-refractivity contribution >= 4 is 24.2 Å². The highest BCUT2D eigenvalue weighted by atomic mass is 35.5. The third kappa shape index (κ3) is 4.62. The molecule has 1 fully saturated rings. The Bertz CT molecular complexity index is 703. The molecule has 1 saturated heterocycles. The second kappa shape index (κ2) is 10.0. The maximum absolute atomic E-state index is 5.50. The first kappa shape index (κ1) is 20.8. The van der Waals surface area contributed by atoms with Gasteiger partial charge in [0.2, 0.25) is 0 Å². The van der Waals surface area contributed by atoms with Crippen molar-refractivity contribution < 1.29 is 9.47 Å². The van der Waals surface area contributed by atoms with E-state index in [0.717, 1.165) is 37.7 Å². The predicted octanol–water partition coefficient (Wildman–Crippen LogP) is 3.39. The maximum Gasteiger partial charge on any atom is 0.161 e. The minimum atomic E-state index is 0. The van der Waals surface area contributed by atoms with Crippen molar-refractivity contribution in [1.29, 1.82) is 0 Å². The van der Waals surface area contributed by atoms with Crippen LogP contribution in [-0.2, 0) is 6.54 Å². The normalized spacial score (nSPS) is 17.4. The van der Waals surface area contributed by atoms with Gasteiger partial charge in [0.15, 0.2) is 11.5 Å². The van der Waals surface area contributed by atoms with E-state index in [1.807, 2.05) is 12.4 Å². The Morgan fingerprint density at radius 3 is 2.54 bits per heavy atom. The third-order valence-electron chi connectivity index (χ3n) is 4.61. The Labute approximate surface area is 165 Å². The third-order valence-corrected chi connectivity index (χ3v) is 5.43. The Hall–Kier alpha value is -1.47. The molecule has 0 aliphatic carbocycles. The number of halogens is 1. The predicted molar refractivity (Wildman–Crippen MR) is 109 cm³/mol. The van der Waals surface area contributed by atoms with E-state index < -0.39 is 0 Å². The molecule has 1 aromatic carbocycles. The van der Waals surface area contributed by atoms with Gasteiger partial charge in [-0.05, 0) is 41.6 Å². The average Bonchev–Trinajstić information content (AvgIpc) is 2.68. The van der Waals surface area contributed by atoms with Crippen LogP contribution in [0.2, 0.25) is 0 Å². The summed E-state index contributed by atoms with van der Waals surface area (Å²) >= 11 is 1.74. The van der Waals surface area contributed by atoms with E-state index in [1.54, 1.807) is 26.0 Å². The van der Waals surface area contributed by atoms with Crippen LogP contribution in [0.1, 0.15) is 17.2 Å². The number of ether oxygens (including phenoxy) is 2. The van der Waals surface area contributed by atoms with Crippen LogP contribution in [0.25, 0.3) is 0 Å². The minimum Gasteiger partial charge on any atom is -0.493 e. The molecular weight excluding hydrogens is 370 g/mol. The summed E-state index contributed by atoms with van der Waals surface area (Å²) in [4.78, 5) is 7.89. The molecule has 2 heterocycles. The highest BCUT2D eigenvalue weighted by Gasteiger charge is 2.25. The SMILES string of the molecule is COc1cc(CN2CCNCC2c2ccncc2)c(SC)cc1OC.Cl. The first-order chi connectivity index (χ1) is 12.3. The number of nitrogens with zero attached hydrogens (tertiary/aromatic N) is 2. The van der Waals surface area contributed by atoms with E-state index in [0.29, 0.717) is 6.04 Å². The highest BCUT2D eigenvalue weighted by molar-refractivity contribution is 7.98. The molecule has 0 saturated carbocycles. The van der Waals surface area contributed by atoms with Crippen molar-refractivity contribution in [1.82, 2.24) is 15.2 Å². The molecule has 1 aliphatic heterocycles. The van der Waals surface area contributed by atoms with Crippen LogP contribution in [0.15, 0.2) is 41.6 Å². The number of piperazine rings is 1. The van der Waals surface area contributed by atoms with Gasteiger partial charge in [-0.2, -0.15) is 0 Å². The number of pyridine rings is 1. The topological polar surface area (TPSA) is 46.6 Å². The van der Waals surface area contributed by atoms with Gasteiger partial charge in [-0.3, -0.25) is 9.88 Å². The number of hydrogen-bond donors (Lipinski definition) is 1. The molecule has 0 bridgehead atoms. The lowest BCUT2D eigenvalue weighted by atomic mass is 10.0. The van der Waals surface area contributed by atoms with E-state index in [4.69, 9.17) is 9.47 Å². The van der Waals surface area contributed by atoms with Gasteiger partial charge in [0.1, 0.15) is 0 Å². The molecule has 0 amide bonds. The fraction of sp³-hybridized carbons (Fsp3) is 0.421. The average molecular weight is 396 g/mol. The number of rotatable bonds is 6. The van der Waals surface area contributed by atoms with Crippen molar-refractivity contribution in [2.75, 3.05) is 40.1 Å². The van der Waals surface area contributed by atoms with Crippen LogP contribution in [0.5, 0.6) is 11.5 Å². The summed E-state index contributed by atoms with van der Waals surface area (Å²) in [6.45, 7) is 3.84. The van der Waals surface area contributed by atoms with Gasteiger partial charge in [-0.15, -0.1) is 24.2 Å². The quantitative estimate of drug-likeness (QED) is 0.756. The Morgan fingerprint density at radius 1 is 1.19 bits per heavy atom. The van der Waals surface area contributed by atoms with E-state index in [9.17, 15) is 0 Å². The summed E-state index contributed by atoms with van der Waals surface area (Å²) in [5.41, 5.74) is 2.57. The lowest BCUT2D eigenvalue weighted by Crippen LogP contribution is -2.45. The molecule has 142 valence electrons. The van der Waals surface area contributed by atoms with Gasteiger partial charge in [-0.1, -0.05) is 0 Å². The van der Waals surface area contributed by atoms with Gasteiger partial charge >= 0.3 is 0 Å². The molecular formula is C19H26ClN3O2S. The number of nitrogens with one attached hydrogen (secondary N) is 1. The molecule has 5 nitrogen and oxygen atoms in total. The monoisotopic (exact) mass is 395 g/mol. The van der Waals surface area contributed by atoms with E-state index in [1.165, 1.54) is 16.0 Å². The molecule has 1 unspecified atom stereocenters. The summed E-state index contributed by atoms with van der Waals surface area (Å²) in [6.07, 6.45) is 5.83. The largest absolute Gasteiger partial charge is 0.493 e. The molecule has 0 radical (unpaired) electrons. The van der Waals surface area contributed by atoms with Gasteiger partial charge in [-0.25, -0.2) is 0 Å². The zero-order valence-electron chi connectivity index (χ0n) is 15.4. The zero-order valence-corrected chi connectivity index (χ0v) is 17.0. The lowest BCUT2D eigenvalue weighted by Gasteiger charge is -2.37. The van der Waals surface area contributed by atoms with Crippen LogP contribution < -0.4 is 14.8 Å². The lowest BCUT2D eigenvalue weighted by molar-refractivity contribution is 0.152. The standard InChI is InChI=1S/C19H25N3O2S.ClH/c1-23-17-10-15(19(25-3)11-18(17)24-2)13-22-9-8-21-12-16(22)14-4-6-20-7-5-14;/h4-7,10-11,16,21H,8-9,12-13H2,1-3H3;1H. The number of aromatic nitrogens is 1. The number of methoxy groups -OCH3 is 2. The summed E-state index contributed by atoms with van der Waals surface area (Å²) in [5.74, 6) is 1.56. The van der Waals surface area contributed by atoms with Crippen molar-refractivity contribution in [2.24, 2.45) is 0 Å². The first-order valence-electron chi connectivity index (χ1n) is 8.40. The van der Waals surface area contributed by atoms with E-state index >= 15 is 0 Å². The molecule has 1 aliphatic rings. The Morgan fingerprint density at radius 2 is 1.88 bits per heavy atom. The van der Waals surface area contributed by atoms with E-state index in [2.05, 4.69) is 45.7 Å². The summed E-state index contributed by atoms with van der Waals surface area (Å²) < 4.78 is 10.9. The van der Waals surface area contributed by atoms with Gasteiger partial charge in [0.25, 0.3) is 0 Å². The summed E-state index contributed by atoms with van der Waals surface area (Å²) in [5, 5.41) is 3.51. The fourth-order valence-electron chi connectivity index (χ4n) is 3.28. The van der Waals surface area contributed by atoms with Gasteiger partial charge in [0, 0.05) is 49.5 Å². The van der Waals surface area contributed by atoms with Crippen LogP contribution in [-0.4, -0.2) is 50.0 Å². The molecule has 2 aromatic rings. The van der Waals surface area contributed by atoms with Crippen LogP contribution in [0.3, 0.4) is 0 Å². The number of benzene rings is 1. The molecule has 1 N–H and O–H groups in total. The van der Waals surface area contributed by atoms with Crippen molar-refractivity contribution in [2.45, 2.75) is 17.5 Å². The zero-order chi connectivity index (χ0) is 17.6. The minimum absolute atomic E-state index is 0. The Balaban J connectivity index is 0.00000243. The smallest absolute Gasteiger partial charge is 0.161 e. The molecule has 3 rings (SSSR count). The first-order valence-corrected chi connectivity index (χ1v) is 9.63. The molecule has 1 atom stereocenters. The van der Waals surface area contributed by atoms with E-state index in [-0.39, 0.29) is 12.4 Å². The second-order valence-corrected chi connectivity index (χ2v) is 6.84. The highest BCUT2D eigenvalue weighted by Crippen LogP contribution is 2.36. The Kier molecular flexibility index (Phi) is 8.03. The molecule has 26 heavy (non-hydrogen) atoms. The number of hydrogen-bond acceptors (Lipinski definition) is 6. The molecule has 1 aromatic heterocycles. The van der Waals surface area contributed by atoms with Crippen molar-refractivity contribution in [3.8, 4) is 11.5 Å². The maximum atomic E-state index is 5.50. The second-order valence-electron chi connectivity index (χ2n) is 5.99. The van der Waals surface area contributed by atoms with Crippen LogP contribution in [0, 0.1) is 0 Å². The van der Waals surface area contributed by atoms with Crippen molar-refractivity contribution in [3.63, 3.8) is 0 Å². The molecule has 7 heteroatoms. The summed E-state index contributed by atoms with van der Waals surface area (Å²) in [6, 6.07) is 8.74.